The molecule has 0 amide bonds. The van der Waals surface area contributed by atoms with Crippen molar-refractivity contribution in [1.29, 1.82) is 0 Å². The van der Waals surface area contributed by atoms with Crippen molar-refractivity contribution >= 4 is 5.82 Å². The number of anilines is 1. The molecule has 2 aromatic heterocycles. The predicted octanol–water partition coefficient (Wildman–Crippen LogP) is 3.11. The number of pyridine rings is 1. The fraction of sp³-hybridized carbons (Fsp3) is 0.222. The number of benzene rings is 1. The second-order valence-corrected chi connectivity index (χ2v) is 5.64. The summed E-state index contributed by atoms with van der Waals surface area (Å²) in [5.41, 5.74) is 3.81. The van der Waals surface area contributed by atoms with Gasteiger partial charge in [-0.3, -0.25) is 10.1 Å². The first-order valence-electron chi connectivity index (χ1n) is 7.90. The quantitative estimate of drug-likeness (QED) is 0.804. The van der Waals surface area contributed by atoms with Crippen LogP contribution in [0.2, 0.25) is 0 Å². The monoisotopic (exact) mass is 324 g/mol. The molecule has 0 saturated carbocycles. The third kappa shape index (κ3) is 2.76. The molecule has 6 heteroatoms. The smallest absolute Gasteiger partial charge is 0.159 e. The number of nitrogens with one attached hydrogen (secondary N) is 1. The lowest BCUT2D eigenvalue weighted by molar-refractivity contribution is 0.122. The summed E-state index contributed by atoms with van der Waals surface area (Å²) in [6.45, 7) is 2.97. The Labute approximate surface area is 139 Å². The summed E-state index contributed by atoms with van der Waals surface area (Å²) in [4.78, 5) is 6.31. The molecule has 5 nitrogen and oxygen atoms in total. The van der Waals surface area contributed by atoms with Gasteiger partial charge in [-0.2, -0.15) is 5.10 Å². The summed E-state index contributed by atoms with van der Waals surface area (Å²) < 4.78 is 18.7. The van der Waals surface area contributed by atoms with E-state index >= 15 is 0 Å². The van der Waals surface area contributed by atoms with E-state index in [-0.39, 0.29) is 5.82 Å². The zero-order valence-electron chi connectivity index (χ0n) is 13.1. The van der Waals surface area contributed by atoms with Crippen LogP contribution in [0.15, 0.2) is 48.8 Å². The first-order chi connectivity index (χ1) is 11.8. The third-order valence-electron chi connectivity index (χ3n) is 4.16. The average molecular weight is 324 g/mol. The van der Waals surface area contributed by atoms with Crippen molar-refractivity contribution in [1.82, 2.24) is 15.2 Å². The van der Waals surface area contributed by atoms with Crippen LogP contribution in [0.25, 0.3) is 22.4 Å². The number of H-pyrrole nitrogens is 1. The summed E-state index contributed by atoms with van der Waals surface area (Å²) in [5.74, 6) is 0.640. The molecule has 122 valence electrons. The number of aromatic amines is 1. The third-order valence-corrected chi connectivity index (χ3v) is 4.16. The normalized spacial score (nSPS) is 14.8. The molecule has 24 heavy (non-hydrogen) atoms. The number of halogens is 1. The van der Waals surface area contributed by atoms with Crippen LogP contribution in [0.3, 0.4) is 0 Å². The highest BCUT2D eigenvalue weighted by Crippen LogP contribution is 2.37. The minimum absolute atomic E-state index is 0.253. The van der Waals surface area contributed by atoms with Crippen LogP contribution in [-0.4, -0.2) is 41.5 Å². The van der Waals surface area contributed by atoms with Gasteiger partial charge in [-0.25, -0.2) is 4.39 Å². The van der Waals surface area contributed by atoms with Crippen LogP contribution in [-0.2, 0) is 4.74 Å². The van der Waals surface area contributed by atoms with E-state index in [0.29, 0.717) is 13.2 Å². The van der Waals surface area contributed by atoms with E-state index in [0.717, 1.165) is 41.3 Å². The van der Waals surface area contributed by atoms with Crippen molar-refractivity contribution in [3.8, 4) is 22.4 Å². The highest BCUT2D eigenvalue weighted by molar-refractivity contribution is 5.88. The Morgan fingerprint density at radius 2 is 1.67 bits per heavy atom. The number of morpholine rings is 1. The summed E-state index contributed by atoms with van der Waals surface area (Å²) in [6, 6.07) is 10.4. The molecule has 1 aliphatic heterocycles. The van der Waals surface area contributed by atoms with Gasteiger partial charge in [0.05, 0.1) is 24.5 Å². The first-order valence-corrected chi connectivity index (χ1v) is 7.90. The first kappa shape index (κ1) is 14.8. The molecule has 0 spiro atoms. The summed E-state index contributed by atoms with van der Waals surface area (Å²) in [6.07, 6.45) is 3.53. The van der Waals surface area contributed by atoms with Crippen LogP contribution >= 0.6 is 0 Å². The van der Waals surface area contributed by atoms with E-state index in [4.69, 9.17) is 4.74 Å². The molecule has 4 rings (SSSR count). The Balaban J connectivity index is 1.84. The molecule has 1 aliphatic rings. The van der Waals surface area contributed by atoms with Crippen molar-refractivity contribution in [2.24, 2.45) is 0 Å². The van der Waals surface area contributed by atoms with Gasteiger partial charge in [0.1, 0.15) is 5.82 Å². The Morgan fingerprint density at radius 3 is 2.38 bits per heavy atom. The zero-order valence-corrected chi connectivity index (χ0v) is 13.1. The van der Waals surface area contributed by atoms with Gasteiger partial charge in [0.2, 0.25) is 0 Å². The fourth-order valence-electron chi connectivity index (χ4n) is 2.95. The van der Waals surface area contributed by atoms with E-state index in [1.807, 2.05) is 12.1 Å². The van der Waals surface area contributed by atoms with Gasteiger partial charge in [0.15, 0.2) is 5.82 Å². The standard InChI is InChI=1S/C18H17FN4O/c19-15-3-1-14(2-4-15)17-16(13-5-7-20-8-6-13)18(22-21-17)23-9-11-24-12-10-23/h1-8H,9-12H2,(H,21,22). The van der Waals surface area contributed by atoms with Gasteiger partial charge in [0.25, 0.3) is 0 Å². The lowest BCUT2D eigenvalue weighted by atomic mass is 10.0. The van der Waals surface area contributed by atoms with Gasteiger partial charge in [-0.15, -0.1) is 0 Å². The topological polar surface area (TPSA) is 54.0 Å². The van der Waals surface area contributed by atoms with Crippen LogP contribution in [0.4, 0.5) is 10.2 Å². The molecule has 1 saturated heterocycles. The van der Waals surface area contributed by atoms with Gasteiger partial charge >= 0.3 is 0 Å². The molecule has 1 fully saturated rings. The molecule has 3 aromatic rings. The Hall–Kier alpha value is -2.73. The minimum atomic E-state index is -0.253. The highest BCUT2D eigenvalue weighted by atomic mass is 19.1. The van der Waals surface area contributed by atoms with Crippen molar-refractivity contribution < 1.29 is 9.13 Å². The molecule has 0 radical (unpaired) electrons. The van der Waals surface area contributed by atoms with Gasteiger partial charge in [-0.1, -0.05) is 0 Å². The number of nitrogens with zero attached hydrogens (tertiary/aromatic N) is 3. The highest BCUT2D eigenvalue weighted by Gasteiger charge is 2.22. The maximum atomic E-state index is 13.3. The van der Waals surface area contributed by atoms with E-state index in [1.54, 1.807) is 24.5 Å². The molecular weight excluding hydrogens is 307 g/mol. The lowest BCUT2D eigenvalue weighted by Crippen LogP contribution is -2.36. The van der Waals surface area contributed by atoms with Crippen molar-refractivity contribution in [2.45, 2.75) is 0 Å². The van der Waals surface area contributed by atoms with E-state index < -0.39 is 0 Å². The number of rotatable bonds is 3. The molecule has 1 aromatic carbocycles. The van der Waals surface area contributed by atoms with E-state index in [1.165, 1.54) is 12.1 Å². The Bertz CT molecular complexity index is 811. The van der Waals surface area contributed by atoms with E-state index in [2.05, 4.69) is 20.1 Å². The molecule has 0 bridgehead atoms. The molecule has 0 atom stereocenters. The number of hydrogen-bond acceptors (Lipinski definition) is 4. The zero-order chi connectivity index (χ0) is 16.4. The molecule has 0 unspecified atom stereocenters. The largest absolute Gasteiger partial charge is 0.378 e. The second kappa shape index (κ2) is 6.41. The van der Waals surface area contributed by atoms with E-state index in [9.17, 15) is 4.39 Å². The minimum Gasteiger partial charge on any atom is -0.378 e. The summed E-state index contributed by atoms with van der Waals surface area (Å²) in [5, 5.41) is 7.68. The van der Waals surface area contributed by atoms with Crippen molar-refractivity contribution in [2.75, 3.05) is 31.2 Å². The maximum Gasteiger partial charge on any atom is 0.159 e. The molecular formula is C18H17FN4O. The summed E-state index contributed by atoms with van der Waals surface area (Å²) >= 11 is 0. The van der Waals surface area contributed by atoms with Crippen molar-refractivity contribution in [3.63, 3.8) is 0 Å². The average Bonchev–Trinajstić information content (AvgIpc) is 3.09. The second-order valence-electron chi connectivity index (χ2n) is 5.64. The molecule has 3 heterocycles. The van der Waals surface area contributed by atoms with Gasteiger partial charge in [0, 0.05) is 31.0 Å². The SMILES string of the molecule is Fc1ccc(-c2[nH]nc(N3CCOCC3)c2-c2ccncc2)cc1. The van der Waals surface area contributed by atoms with Crippen LogP contribution in [0.1, 0.15) is 0 Å². The van der Waals surface area contributed by atoms with Crippen LogP contribution in [0, 0.1) is 5.82 Å². The Kier molecular flexibility index (Phi) is 3.96. The van der Waals surface area contributed by atoms with Gasteiger partial charge in [-0.05, 0) is 42.0 Å². The summed E-state index contributed by atoms with van der Waals surface area (Å²) in [7, 11) is 0. The lowest BCUT2D eigenvalue weighted by Gasteiger charge is -2.27. The predicted molar refractivity (Wildman–Crippen MR) is 90.2 cm³/mol. The Morgan fingerprint density at radius 1 is 0.958 bits per heavy atom. The number of aromatic nitrogens is 3. The number of ether oxygens (including phenoxy) is 1. The molecule has 0 aliphatic carbocycles. The number of hydrogen-bond donors (Lipinski definition) is 1. The van der Waals surface area contributed by atoms with Crippen LogP contribution < -0.4 is 4.90 Å². The van der Waals surface area contributed by atoms with Gasteiger partial charge < -0.3 is 9.64 Å². The van der Waals surface area contributed by atoms with Crippen LogP contribution in [0.5, 0.6) is 0 Å². The van der Waals surface area contributed by atoms with Crippen molar-refractivity contribution in [3.05, 3.63) is 54.6 Å². The molecule has 1 N–H and O–H groups in total. The fourth-order valence-corrected chi connectivity index (χ4v) is 2.95. The maximum absolute atomic E-state index is 13.3.